The van der Waals surface area contributed by atoms with Gasteiger partial charge in [-0.05, 0) is 28.8 Å². The van der Waals surface area contributed by atoms with Crippen LogP contribution in [-0.2, 0) is 45.6 Å². The van der Waals surface area contributed by atoms with Gasteiger partial charge in [-0.2, -0.15) is 0 Å². The van der Waals surface area contributed by atoms with Crippen LogP contribution in [0.1, 0.15) is 34.0 Å². The Bertz CT molecular complexity index is 1860. The number of aryl methyl sites for hydroxylation is 1. The van der Waals surface area contributed by atoms with Crippen molar-refractivity contribution in [2.45, 2.75) is 38.4 Å². The number of rotatable bonds is 13. The molecule has 244 valence electrons. The highest BCUT2D eigenvalue weighted by Gasteiger charge is 2.27. The molecular weight excluding hydrogens is 606 g/mol. The van der Waals surface area contributed by atoms with Crippen LogP contribution in [0, 0.1) is 0 Å². The van der Waals surface area contributed by atoms with Crippen LogP contribution in [0.4, 0.5) is 0 Å². The molecule has 0 unspecified atom stereocenters. The van der Waals surface area contributed by atoms with E-state index in [9.17, 15) is 33.9 Å². The van der Waals surface area contributed by atoms with E-state index in [4.69, 9.17) is 5.11 Å². The predicted octanol–water partition coefficient (Wildman–Crippen LogP) is 1.15. The standard InChI is InChI=1S/C34H35N5O8/c1-20(40)37-26(17-22-11-7-4-8-12-22)32(45)38-25(16-21-9-5-3-6-10-21)31(44)35-18-23-13-14-27-24(15-23)30(43)29(34(47)39(27)2)33(46)36-19-28(41)42/h3-15,25-26,43H,16-19H2,1-2H3,(H,35,44)(H,36,46)(H,37,40)(H,38,45)(H,41,42)/t25-,26+/m0/s1. The van der Waals surface area contributed by atoms with Gasteiger partial charge in [-0.1, -0.05) is 66.7 Å². The van der Waals surface area contributed by atoms with E-state index in [1.807, 2.05) is 60.7 Å². The summed E-state index contributed by atoms with van der Waals surface area (Å²) in [6.07, 6.45) is 0.372. The third-order valence-corrected chi connectivity index (χ3v) is 7.42. The zero-order valence-corrected chi connectivity index (χ0v) is 25.8. The van der Waals surface area contributed by atoms with Crippen molar-refractivity contribution in [1.82, 2.24) is 25.8 Å². The molecule has 1 heterocycles. The van der Waals surface area contributed by atoms with E-state index in [0.29, 0.717) is 11.1 Å². The molecule has 0 aliphatic heterocycles. The highest BCUT2D eigenvalue weighted by atomic mass is 16.4. The molecule has 4 rings (SSSR count). The monoisotopic (exact) mass is 641 g/mol. The van der Waals surface area contributed by atoms with E-state index in [0.717, 1.165) is 15.7 Å². The van der Waals surface area contributed by atoms with Crippen molar-refractivity contribution in [3.8, 4) is 5.75 Å². The van der Waals surface area contributed by atoms with Crippen molar-refractivity contribution in [2.24, 2.45) is 7.05 Å². The van der Waals surface area contributed by atoms with Gasteiger partial charge >= 0.3 is 5.97 Å². The Kier molecular flexibility index (Phi) is 11.1. The maximum absolute atomic E-state index is 13.6. The lowest BCUT2D eigenvalue weighted by atomic mass is 10.0. The van der Waals surface area contributed by atoms with Crippen LogP contribution in [0.5, 0.6) is 5.75 Å². The van der Waals surface area contributed by atoms with Crippen molar-refractivity contribution < 1.29 is 34.2 Å². The SMILES string of the molecule is CC(=O)N[C@H](Cc1ccccc1)C(=O)N[C@@H](Cc1ccccc1)C(=O)NCc1ccc2c(c1)c(O)c(C(=O)NCC(=O)O)c(=O)n2C. The molecular formula is C34H35N5O8. The maximum Gasteiger partial charge on any atom is 0.322 e. The number of carbonyl (C=O) groups excluding carboxylic acids is 4. The summed E-state index contributed by atoms with van der Waals surface area (Å²) in [6.45, 7) is 0.520. The molecule has 6 N–H and O–H groups in total. The number of hydrogen-bond acceptors (Lipinski definition) is 7. The Morgan fingerprint density at radius 1 is 0.766 bits per heavy atom. The number of nitrogens with one attached hydrogen (secondary N) is 4. The van der Waals surface area contributed by atoms with Crippen LogP contribution in [0.3, 0.4) is 0 Å². The fourth-order valence-electron chi connectivity index (χ4n) is 5.09. The number of aromatic nitrogens is 1. The number of hydrogen-bond donors (Lipinski definition) is 6. The molecule has 0 saturated heterocycles. The van der Waals surface area contributed by atoms with Crippen LogP contribution in [-0.4, -0.2) is 63.0 Å². The fourth-order valence-corrected chi connectivity index (χ4v) is 5.09. The molecule has 0 spiro atoms. The van der Waals surface area contributed by atoms with Gasteiger partial charge in [0, 0.05) is 38.7 Å². The molecule has 0 fully saturated rings. The van der Waals surface area contributed by atoms with Gasteiger partial charge in [-0.15, -0.1) is 0 Å². The Morgan fingerprint density at radius 3 is 1.89 bits per heavy atom. The van der Waals surface area contributed by atoms with Crippen molar-refractivity contribution in [2.75, 3.05) is 6.54 Å². The van der Waals surface area contributed by atoms with Gasteiger partial charge in [0.1, 0.15) is 29.9 Å². The van der Waals surface area contributed by atoms with E-state index in [1.165, 1.54) is 20.0 Å². The lowest BCUT2D eigenvalue weighted by Crippen LogP contribution is -2.54. The van der Waals surface area contributed by atoms with Gasteiger partial charge in [0.25, 0.3) is 11.5 Å². The second-order valence-electron chi connectivity index (χ2n) is 10.9. The van der Waals surface area contributed by atoms with E-state index in [2.05, 4.69) is 21.3 Å². The maximum atomic E-state index is 13.6. The number of nitrogens with zero attached hydrogens (tertiary/aromatic N) is 1. The summed E-state index contributed by atoms with van der Waals surface area (Å²) in [7, 11) is 1.41. The van der Waals surface area contributed by atoms with Crippen LogP contribution >= 0.6 is 0 Å². The Balaban J connectivity index is 1.56. The van der Waals surface area contributed by atoms with Gasteiger partial charge in [0.05, 0.1) is 5.52 Å². The fraction of sp³-hybridized carbons (Fsp3) is 0.235. The summed E-state index contributed by atoms with van der Waals surface area (Å²) in [4.78, 5) is 75.2. The summed E-state index contributed by atoms with van der Waals surface area (Å²) in [5.74, 6) is -4.44. The third-order valence-electron chi connectivity index (χ3n) is 7.42. The first-order chi connectivity index (χ1) is 22.4. The molecule has 3 aromatic carbocycles. The number of amides is 4. The summed E-state index contributed by atoms with van der Waals surface area (Å²) in [5.41, 5.74) is 0.985. The van der Waals surface area contributed by atoms with Crippen molar-refractivity contribution in [3.63, 3.8) is 0 Å². The number of aromatic hydroxyl groups is 1. The highest BCUT2D eigenvalue weighted by Crippen LogP contribution is 2.27. The van der Waals surface area contributed by atoms with Gasteiger partial charge in [0.2, 0.25) is 17.7 Å². The van der Waals surface area contributed by atoms with Gasteiger partial charge in [-0.3, -0.25) is 28.8 Å². The molecule has 2 atom stereocenters. The lowest BCUT2D eigenvalue weighted by Gasteiger charge is -2.23. The zero-order valence-electron chi connectivity index (χ0n) is 25.8. The number of carboxylic acids is 1. The first-order valence-corrected chi connectivity index (χ1v) is 14.7. The van der Waals surface area contributed by atoms with E-state index < -0.39 is 65.1 Å². The molecule has 0 saturated carbocycles. The van der Waals surface area contributed by atoms with Gasteiger partial charge < -0.3 is 36.0 Å². The molecule has 13 nitrogen and oxygen atoms in total. The zero-order chi connectivity index (χ0) is 34.1. The van der Waals surface area contributed by atoms with Crippen molar-refractivity contribution in [1.29, 1.82) is 0 Å². The summed E-state index contributed by atoms with van der Waals surface area (Å²) < 4.78 is 1.15. The van der Waals surface area contributed by atoms with E-state index in [-0.39, 0.29) is 24.8 Å². The quantitative estimate of drug-likeness (QED) is 0.125. The molecule has 4 aromatic rings. The van der Waals surface area contributed by atoms with Crippen molar-refractivity contribution >= 4 is 40.5 Å². The molecule has 0 radical (unpaired) electrons. The molecule has 1 aromatic heterocycles. The number of carboxylic acid groups (broad SMARTS) is 1. The van der Waals surface area contributed by atoms with E-state index >= 15 is 0 Å². The Hall–Kier alpha value is -5.98. The largest absolute Gasteiger partial charge is 0.506 e. The minimum absolute atomic E-state index is 0.0438. The predicted molar refractivity (Wildman–Crippen MR) is 172 cm³/mol. The summed E-state index contributed by atoms with van der Waals surface area (Å²) >= 11 is 0. The topological polar surface area (TPSA) is 196 Å². The van der Waals surface area contributed by atoms with Crippen LogP contribution in [0.25, 0.3) is 10.9 Å². The second-order valence-corrected chi connectivity index (χ2v) is 10.9. The highest BCUT2D eigenvalue weighted by molar-refractivity contribution is 6.03. The molecule has 4 amide bonds. The normalized spacial score (nSPS) is 12.0. The average molecular weight is 642 g/mol. The lowest BCUT2D eigenvalue weighted by molar-refractivity contribution is -0.135. The van der Waals surface area contributed by atoms with Gasteiger partial charge in [-0.25, -0.2) is 0 Å². The minimum atomic E-state index is -1.32. The minimum Gasteiger partial charge on any atom is -0.506 e. The number of fused-ring (bicyclic) bond motifs is 1. The molecule has 0 aliphatic carbocycles. The smallest absolute Gasteiger partial charge is 0.322 e. The molecule has 13 heteroatoms. The Labute approximate surface area is 269 Å². The number of pyridine rings is 1. The molecule has 47 heavy (non-hydrogen) atoms. The van der Waals surface area contributed by atoms with Gasteiger partial charge in [0.15, 0.2) is 0 Å². The first-order valence-electron chi connectivity index (χ1n) is 14.7. The number of carbonyl (C=O) groups is 5. The van der Waals surface area contributed by atoms with Crippen LogP contribution in [0.2, 0.25) is 0 Å². The van der Waals surface area contributed by atoms with Crippen LogP contribution in [0.15, 0.2) is 83.7 Å². The first kappa shape index (κ1) is 33.9. The molecule has 0 aliphatic rings. The van der Waals surface area contributed by atoms with Crippen LogP contribution < -0.4 is 26.8 Å². The molecule has 0 bridgehead atoms. The summed E-state index contributed by atoms with van der Waals surface area (Å²) in [6, 6.07) is 21.0. The summed E-state index contributed by atoms with van der Waals surface area (Å²) in [5, 5.41) is 30.2. The second kappa shape index (κ2) is 15.3. The number of aliphatic carboxylic acids is 1. The van der Waals surface area contributed by atoms with Crippen molar-refractivity contribution in [3.05, 3.63) is 111 Å². The third kappa shape index (κ3) is 8.81. The average Bonchev–Trinajstić information content (AvgIpc) is 3.05. The number of benzene rings is 3. The Morgan fingerprint density at radius 2 is 1.34 bits per heavy atom. The van der Waals surface area contributed by atoms with E-state index in [1.54, 1.807) is 12.1 Å².